The molecular weight excluding hydrogens is 260 g/mol. The molecule has 0 aliphatic rings. The largest absolute Gasteiger partial charge is 0.495 e. The number of hydrogen-bond acceptors (Lipinski definition) is 3. The molecule has 2 aromatic carbocycles. The van der Waals surface area contributed by atoms with Gasteiger partial charge < -0.3 is 14.9 Å². The molecule has 102 valence electrons. The fourth-order valence-corrected chi connectivity index (χ4v) is 1.96. The molecule has 2 rings (SSSR count). The molecule has 0 fully saturated rings. The third kappa shape index (κ3) is 2.47. The zero-order valence-electron chi connectivity index (χ0n) is 10.7. The van der Waals surface area contributed by atoms with Crippen LogP contribution in [0.25, 0.3) is 11.1 Å². The first kappa shape index (κ1) is 13.6. The topological polar surface area (TPSA) is 83.8 Å². The van der Waals surface area contributed by atoms with Crippen molar-refractivity contribution >= 4 is 11.9 Å². The highest BCUT2D eigenvalue weighted by molar-refractivity contribution is 6.00. The molecule has 0 radical (unpaired) electrons. The second kappa shape index (κ2) is 5.44. The number of ether oxygens (including phenoxy) is 1. The minimum atomic E-state index is -1.23. The lowest BCUT2D eigenvalue weighted by Gasteiger charge is -2.11. The Hall–Kier alpha value is -2.82. The Morgan fingerprint density at radius 3 is 1.80 bits per heavy atom. The van der Waals surface area contributed by atoms with Crippen LogP contribution in [0.15, 0.2) is 42.5 Å². The van der Waals surface area contributed by atoms with Gasteiger partial charge in [0, 0.05) is 0 Å². The van der Waals surface area contributed by atoms with Gasteiger partial charge in [0.1, 0.15) is 16.9 Å². The Balaban J connectivity index is 2.73. The third-order valence-corrected chi connectivity index (χ3v) is 2.86. The maximum atomic E-state index is 11.3. The minimum absolute atomic E-state index is 0.148. The van der Waals surface area contributed by atoms with Gasteiger partial charge in [0.2, 0.25) is 0 Å². The molecule has 0 aliphatic carbocycles. The molecule has 0 atom stereocenters. The van der Waals surface area contributed by atoms with Crippen LogP contribution in [0.1, 0.15) is 20.7 Å². The van der Waals surface area contributed by atoms with E-state index in [1.165, 1.54) is 19.2 Å². The van der Waals surface area contributed by atoms with Crippen molar-refractivity contribution in [1.82, 2.24) is 0 Å². The van der Waals surface area contributed by atoms with Crippen molar-refractivity contribution in [3.8, 4) is 16.9 Å². The predicted molar refractivity (Wildman–Crippen MR) is 72.3 cm³/mol. The summed E-state index contributed by atoms with van der Waals surface area (Å²) < 4.78 is 4.93. The van der Waals surface area contributed by atoms with E-state index in [1.54, 1.807) is 24.3 Å². The molecule has 0 bridgehead atoms. The van der Waals surface area contributed by atoms with Gasteiger partial charge in [0.15, 0.2) is 0 Å². The van der Waals surface area contributed by atoms with Crippen LogP contribution in [0.3, 0.4) is 0 Å². The molecule has 5 nitrogen and oxygen atoms in total. The van der Waals surface area contributed by atoms with Crippen molar-refractivity contribution in [1.29, 1.82) is 0 Å². The minimum Gasteiger partial charge on any atom is -0.495 e. The molecule has 2 aromatic rings. The predicted octanol–water partition coefficient (Wildman–Crippen LogP) is 2.76. The number of aromatic carboxylic acids is 2. The summed E-state index contributed by atoms with van der Waals surface area (Å²) in [6, 6.07) is 11.8. The average molecular weight is 272 g/mol. The van der Waals surface area contributed by atoms with E-state index in [4.69, 9.17) is 4.74 Å². The lowest BCUT2D eigenvalue weighted by Crippen LogP contribution is -2.08. The summed E-state index contributed by atoms with van der Waals surface area (Å²) in [6.07, 6.45) is 0. The Bertz CT molecular complexity index is 626. The molecule has 2 N–H and O–H groups in total. The van der Waals surface area contributed by atoms with E-state index in [0.717, 1.165) is 5.56 Å². The van der Waals surface area contributed by atoms with Gasteiger partial charge >= 0.3 is 11.9 Å². The summed E-state index contributed by atoms with van der Waals surface area (Å²) >= 11 is 0. The molecule has 0 saturated carbocycles. The first-order chi connectivity index (χ1) is 9.54. The number of carboxylic acid groups (broad SMARTS) is 2. The second-order valence-electron chi connectivity index (χ2n) is 4.08. The molecule has 0 saturated heterocycles. The van der Waals surface area contributed by atoms with E-state index in [0.29, 0.717) is 5.56 Å². The van der Waals surface area contributed by atoms with Crippen LogP contribution in [0.5, 0.6) is 5.75 Å². The third-order valence-electron chi connectivity index (χ3n) is 2.86. The number of benzene rings is 2. The smallest absolute Gasteiger partial charge is 0.339 e. The Labute approximate surface area is 115 Å². The van der Waals surface area contributed by atoms with Crippen LogP contribution < -0.4 is 4.74 Å². The van der Waals surface area contributed by atoms with Gasteiger partial charge in [-0.15, -0.1) is 0 Å². The zero-order valence-corrected chi connectivity index (χ0v) is 10.7. The van der Waals surface area contributed by atoms with Gasteiger partial charge in [-0.1, -0.05) is 30.3 Å². The van der Waals surface area contributed by atoms with Crippen LogP contribution in [0.4, 0.5) is 0 Å². The molecule has 0 heterocycles. The van der Waals surface area contributed by atoms with E-state index in [9.17, 15) is 19.8 Å². The SMILES string of the molecule is COc1c(C(=O)O)cc(-c2ccccc2)cc1C(=O)O. The first-order valence-electron chi connectivity index (χ1n) is 5.78. The lowest BCUT2D eigenvalue weighted by atomic mass is 9.98. The lowest BCUT2D eigenvalue weighted by molar-refractivity contribution is 0.0691. The monoisotopic (exact) mass is 272 g/mol. The van der Waals surface area contributed by atoms with E-state index >= 15 is 0 Å². The number of carboxylic acids is 2. The second-order valence-corrected chi connectivity index (χ2v) is 4.08. The number of rotatable bonds is 4. The van der Waals surface area contributed by atoms with Gasteiger partial charge in [-0.25, -0.2) is 9.59 Å². The zero-order chi connectivity index (χ0) is 14.7. The number of hydrogen-bond donors (Lipinski definition) is 2. The summed E-state index contributed by atoms with van der Waals surface area (Å²) in [4.78, 5) is 22.5. The van der Waals surface area contributed by atoms with Gasteiger partial charge in [-0.05, 0) is 23.3 Å². The van der Waals surface area contributed by atoms with Crippen LogP contribution in [-0.2, 0) is 0 Å². The standard InChI is InChI=1S/C15H12O5/c1-20-13-11(14(16)17)7-10(8-12(13)15(18)19)9-5-3-2-4-6-9/h2-8H,1H3,(H,16,17)(H,18,19). The molecule has 20 heavy (non-hydrogen) atoms. The van der Waals surface area contributed by atoms with Crippen molar-refractivity contribution in [2.75, 3.05) is 7.11 Å². The molecule has 0 aromatic heterocycles. The van der Waals surface area contributed by atoms with Crippen molar-refractivity contribution < 1.29 is 24.5 Å². The molecular formula is C15H12O5. The summed E-state index contributed by atoms with van der Waals surface area (Å²) in [6.45, 7) is 0. The quantitative estimate of drug-likeness (QED) is 0.894. The fraction of sp³-hybridized carbons (Fsp3) is 0.0667. The van der Waals surface area contributed by atoms with Crippen LogP contribution in [-0.4, -0.2) is 29.3 Å². The van der Waals surface area contributed by atoms with Gasteiger partial charge in [0.25, 0.3) is 0 Å². The average Bonchev–Trinajstić information content (AvgIpc) is 2.46. The highest BCUT2D eigenvalue weighted by Crippen LogP contribution is 2.31. The van der Waals surface area contributed by atoms with Crippen LogP contribution >= 0.6 is 0 Å². The molecule has 0 aliphatic heterocycles. The van der Waals surface area contributed by atoms with E-state index in [-0.39, 0.29) is 16.9 Å². The molecule has 0 spiro atoms. The Kier molecular flexibility index (Phi) is 3.70. The van der Waals surface area contributed by atoms with E-state index < -0.39 is 11.9 Å². The maximum Gasteiger partial charge on any atom is 0.339 e. The van der Waals surface area contributed by atoms with Gasteiger partial charge in [-0.2, -0.15) is 0 Å². The maximum absolute atomic E-state index is 11.3. The highest BCUT2D eigenvalue weighted by Gasteiger charge is 2.21. The number of carbonyl (C=O) groups is 2. The van der Waals surface area contributed by atoms with E-state index in [2.05, 4.69) is 0 Å². The summed E-state index contributed by atoms with van der Waals surface area (Å²) in [7, 11) is 1.25. The Morgan fingerprint density at radius 2 is 1.40 bits per heavy atom. The summed E-state index contributed by atoms with van der Waals surface area (Å²) in [5.41, 5.74) is 0.902. The van der Waals surface area contributed by atoms with Crippen molar-refractivity contribution in [2.45, 2.75) is 0 Å². The number of methoxy groups -OCH3 is 1. The molecule has 5 heteroatoms. The van der Waals surface area contributed by atoms with E-state index in [1.807, 2.05) is 6.07 Å². The first-order valence-corrected chi connectivity index (χ1v) is 5.78. The summed E-state index contributed by atoms with van der Waals surface area (Å²) in [5.74, 6) is -2.62. The normalized spacial score (nSPS) is 10.1. The highest BCUT2D eigenvalue weighted by atomic mass is 16.5. The Morgan fingerprint density at radius 1 is 0.900 bits per heavy atom. The van der Waals surface area contributed by atoms with Gasteiger partial charge in [0.05, 0.1) is 7.11 Å². The van der Waals surface area contributed by atoms with Crippen LogP contribution in [0, 0.1) is 0 Å². The van der Waals surface area contributed by atoms with Crippen molar-refractivity contribution in [3.63, 3.8) is 0 Å². The molecule has 0 amide bonds. The van der Waals surface area contributed by atoms with Crippen LogP contribution in [0.2, 0.25) is 0 Å². The van der Waals surface area contributed by atoms with Crippen molar-refractivity contribution in [3.05, 3.63) is 53.6 Å². The van der Waals surface area contributed by atoms with Crippen molar-refractivity contribution in [2.24, 2.45) is 0 Å². The fourth-order valence-electron chi connectivity index (χ4n) is 1.96. The summed E-state index contributed by atoms with van der Waals surface area (Å²) in [5, 5.41) is 18.4. The van der Waals surface area contributed by atoms with Gasteiger partial charge in [-0.3, -0.25) is 0 Å². The molecule has 0 unspecified atom stereocenters.